The molecule has 2 rings (SSSR count). The van der Waals surface area contributed by atoms with Crippen molar-refractivity contribution in [1.82, 2.24) is 4.90 Å². The highest BCUT2D eigenvalue weighted by atomic mass is 79.9. The van der Waals surface area contributed by atoms with Crippen LogP contribution in [0.25, 0.3) is 0 Å². The lowest BCUT2D eigenvalue weighted by molar-refractivity contribution is -0.129. The summed E-state index contributed by atoms with van der Waals surface area (Å²) in [6, 6.07) is 10.1. The van der Waals surface area contributed by atoms with Gasteiger partial charge in [-0.1, -0.05) is 41.1 Å². The molecule has 0 spiro atoms. The predicted octanol–water partition coefficient (Wildman–Crippen LogP) is 3.80. The molecule has 0 bridgehead atoms. The van der Waals surface area contributed by atoms with E-state index >= 15 is 0 Å². The van der Waals surface area contributed by atoms with Crippen LogP contribution in [0.2, 0.25) is 0 Å². The molecule has 1 unspecified atom stereocenters. The Morgan fingerprint density at radius 2 is 2.00 bits per heavy atom. The number of piperidine rings is 1. The number of carbonyl (C=O) groups is 1. The highest BCUT2D eigenvalue weighted by Crippen LogP contribution is 2.26. The summed E-state index contributed by atoms with van der Waals surface area (Å²) in [7, 11) is 0. The van der Waals surface area contributed by atoms with E-state index < -0.39 is 0 Å². The summed E-state index contributed by atoms with van der Waals surface area (Å²) < 4.78 is 0. The van der Waals surface area contributed by atoms with Gasteiger partial charge in [0.2, 0.25) is 5.91 Å². The molecule has 4 heteroatoms. The fourth-order valence-electron chi connectivity index (χ4n) is 2.36. The quantitative estimate of drug-likeness (QED) is 0.613. The molecule has 1 atom stereocenters. The highest BCUT2D eigenvalue weighted by Gasteiger charge is 2.24. The summed E-state index contributed by atoms with van der Waals surface area (Å²) in [4.78, 5) is 15.9. The zero-order chi connectivity index (χ0) is 13.7. The van der Waals surface area contributed by atoms with Crippen molar-refractivity contribution in [3.05, 3.63) is 30.3 Å². The average Bonchev–Trinajstić information content (AvgIpc) is 2.46. The predicted molar refractivity (Wildman–Crippen MR) is 84.9 cm³/mol. The lowest BCUT2D eigenvalue weighted by atomic mass is 9.94. The zero-order valence-electron chi connectivity index (χ0n) is 11.2. The molecule has 1 fully saturated rings. The van der Waals surface area contributed by atoms with Gasteiger partial charge < -0.3 is 4.90 Å². The topological polar surface area (TPSA) is 20.3 Å². The third-order valence-corrected chi connectivity index (χ3v) is 5.39. The van der Waals surface area contributed by atoms with Crippen LogP contribution in [0.5, 0.6) is 0 Å². The Balaban J connectivity index is 1.76. The van der Waals surface area contributed by atoms with Crippen LogP contribution in [-0.2, 0) is 4.79 Å². The van der Waals surface area contributed by atoms with Gasteiger partial charge >= 0.3 is 0 Å². The maximum atomic E-state index is 12.1. The summed E-state index contributed by atoms with van der Waals surface area (Å²) in [5, 5.41) is 0. The number of amides is 1. The normalized spacial score (nSPS) is 18.3. The molecule has 0 radical (unpaired) electrons. The van der Waals surface area contributed by atoms with Crippen molar-refractivity contribution >= 4 is 33.6 Å². The Labute approximate surface area is 128 Å². The summed E-state index contributed by atoms with van der Waals surface area (Å²) >= 11 is 5.28. The molecule has 2 nitrogen and oxygen atoms in total. The Bertz CT molecular complexity index is 402. The van der Waals surface area contributed by atoms with E-state index in [0.29, 0.717) is 16.5 Å². The van der Waals surface area contributed by atoms with Crippen molar-refractivity contribution in [3.8, 4) is 0 Å². The lowest BCUT2D eigenvalue weighted by Crippen LogP contribution is -2.40. The Morgan fingerprint density at radius 3 is 2.58 bits per heavy atom. The van der Waals surface area contributed by atoms with Gasteiger partial charge in [-0.15, -0.1) is 11.8 Å². The Kier molecular flexibility index (Phi) is 5.76. The molecule has 1 aromatic rings. The molecular weight excluding hydrogens is 322 g/mol. The maximum Gasteiger partial charge on any atom is 0.232 e. The molecule has 19 heavy (non-hydrogen) atoms. The van der Waals surface area contributed by atoms with E-state index in [1.54, 1.807) is 11.8 Å². The smallest absolute Gasteiger partial charge is 0.232 e. The summed E-state index contributed by atoms with van der Waals surface area (Å²) in [6.45, 7) is 4.02. The maximum absolute atomic E-state index is 12.1. The average molecular weight is 342 g/mol. The molecule has 0 aromatic heterocycles. The highest BCUT2D eigenvalue weighted by molar-refractivity contribution is 9.09. The number of thioether (sulfide) groups is 1. The minimum absolute atomic E-state index is 0.273. The zero-order valence-corrected chi connectivity index (χ0v) is 13.6. The number of alkyl halides is 1. The van der Waals surface area contributed by atoms with Gasteiger partial charge in [-0.05, 0) is 30.9 Å². The molecule has 0 N–H and O–H groups in total. The van der Waals surface area contributed by atoms with Crippen LogP contribution in [-0.4, -0.2) is 34.5 Å². The second-order valence-corrected chi connectivity index (χ2v) is 7.49. The second-order valence-electron chi connectivity index (χ2n) is 5.00. The van der Waals surface area contributed by atoms with Crippen LogP contribution in [0.15, 0.2) is 35.2 Å². The van der Waals surface area contributed by atoms with Crippen LogP contribution >= 0.6 is 27.7 Å². The minimum Gasteiger partial charge on any atom is -0.342 e. The SMILES string of the molecule is CC(Br)C1CCN(C(=O)CSc2ccccc2)CC1. The molecule has 1 heterocycles. The largest absolute Gasteiger partial charge is 0.342 e. The van der Waals surface area contributed by atoms with Crippen molar-refractivity contribution in [2.24, 2.45) is 5.92 Å². The van der Waals surface area contributed by atoms with E-state index in [-0.39, 0.29) is 5.91 Å². The number of likely N-dealkylation sites (tertiary alicyclic amines) is 1. The molecule has 0 aliphatic carbocycles. The van der Waals surface area contributed by atoms with Gasteiger partial charge in [-0.2, -0.15) is 0 Å². The first-order valence-electron chi connectivity index (χ1n) is 6.76. The fourth-order valence-corrected chi connectivity index (χ4v) is 3.71. The number of hydrogen-bond acceptors (Lipinski definition) is 2. The lowest BCUT2D eigenvalue weighted by Gasteiger charge is -2.33. The van der Waals surface area contributed by atoms with E-state index in [4.69, 9.17) is 0 Å². The first kappa shape index (κ1) is 14.9. The number of carbonyl (C=O) groups excluding carboxylic acids is 1. The van der Waals surface area contributed by atoms with E-state index in [0.717, 1.165) is 25.9 Å². The number of rotatable bonds is 4. The third kappa shape index (κ3) is 4.53. The van der Waals surface area contributed by atoms with Crippen LogP contribution in [0.1, 0.15) is 19.8 Å². The molecule has 1 aliphatic heterocycles. The Hall–Kier alpha value is -0.480. The molecular formula is C15H20BrNOS. The Morgan fingerprint density at radius 1 is 1.37 bits per heavy atom. The van der Waals surface area contributed by atoms with Crippen molar-refractivity contribution in [2.75, 3.05) is 18.8 Å². The summed E-state index contributed by atoms with van der Waals surface area (Å²) in [5.74, 6) is 1.54. The van der Waals surface area contributed by atoms with E-state index in [1.807, 2.05) is 23.1 Å². The van der Waals surface area contributed by atoms with Gasteiger partial charge in [0.1, 0.15) is 0 Å². The molecule has 1 amide bonds. The number of halogens is 1. The molecule has 1 aliphatic rings. The van der Waals surface area contributed by atoms with Crippen molar-refractivity contribution in [3.63, 3.8) is 0 Å². The van der Waals surface area contributed by atoms with Gasteiger partial charge in [-0.3, -0.25) is 4.79 Å². The van der Waals surface area contributed by atoms with Crippen LogP contribution in [0.4, 0.5) is 0 Å². The summed E-state index contributed by atoms with van der Waals surface area (Å²) in [5.41, 5.74) is 0. The first-order valence-corrected chi connectivity index (χ1v) is 8.66. The third-order valence-electron chi connectivity index (χ3n) is 3.65. The van der Waals surface area contributed by atoms with Gasteiger partial charge in [-0.25, -0.2) is 0 Å². The van der Waals surface area contributed by atoms with Crippen molar-refractivity contribution < 1.29 is 4.79 Å². The molecule has 1 aromatic carbocycles. The van der Waals surface area contributed by atoms with Crippen molar-refractivity contribution in [2.45, 2.75) is 29.5 Å². The summed E-state index contributed by atoms with van der Waals surface area (Å²) in [6.07, 6.45) is 2.24. The van der Waals surface area contributed by atoms with E-state index in [1.165, 1.54) is 4.90 Å². The van der Waals surface area contributed by atoms with E-state index in [2.05, 4.69) is 35.0 Å². The second kappa shape index (κ2) is 7.34. The number of nitrogens with zero attached hydrogens (tertiary/aromatic N) is 1. The molecule has 1 saturated heterocycles. The van der Waals surface area contributed by atoms with Crippen LogP contribution in [0.3, 0.4) is 0 Å². The van der Waals surface area contributed by atoms with Crippen LogP contribution in [0, 0.1) is 5.92 Å². The van der Waals surface area contributed by atoms with Crippen LogP contribution < -0.4 is 0 Å². The number of benzene rings is 1. The minimum atomic E-state index is 0.273. The number of hydrogen-bond donors (Lipinski definition) is 0. The monoisotopic (exact) mass is 341 g/mol. The van der Waals surface area contributed by atoms with Gasteiger partial charge in [0.05, 0.1) is 5.75 Å². The molecule has 0 saturated carbocycles. The van der Waals surface area contributed by atoms with E-state index in [9.17, 15) is 4.79 Å². The first-order chi connectivity index (χ1) is 9.16. The standard InChI is InChI=1S/C15H20BrNOS/c1-12(16)13-7-9-17(10-8-13)15(18)11-19-14-5-3-2-4-6-14/h2-6,12-13H,7-11H2,1H3. The van der Waals surface area contributed by atoms with Gasteiger partial charge in [0.15, 0.2) is 0 Å². The van der Waals surface area contributed by atoms with Gasteiger partial charge in [0.25, 0.3) is 0 Å². The van der Waals surface area contributed by atoms with Crippen molar-refractivity contribution in [1.29, 1.82) is 0 Å². The molecule has 104 valence electrons. The van der Waals surface area contributed by atoms with Gasteiger partial charge in [0, 0.05) is 22.8 Å². The fraction of sp³-hybridized carbons (Fsp3) is 0.533.